The van der Waals surface area contributed by atoms with Gasteiger partial charge < -0.3 is 20.1 Å². The number of nitrogens with zero attached hydrogens (tertiary/aromatic N) is 3. The molecule has 1 aromatic carbocycles. The van der Waals surface area contributed by atoms with Crippen LogP contribution < -0.4 is 20.1 Å². The molecule has 128 valence electrons. The SMILES string of the molecule is COc1ccc(Nc2ccnc(NCc3ccccn3)n2)cc1OC. The first-order chi connectivity index (χ1) is 12.3. The van der Waals surface area contributed by atoms with E-state index >= 15 is 0 Å². The third-order valence-corrected chi connectivity index (χ3v) is 3.47. The van der Waals surface area contributed by atoms with E-state index in [-0.39, 0.29) is 0 Å². The molecule has 0 saturated carbocycles. The predicted molar refractivity (Wildman–Crippen MR) is 96.4 cm³/mol. The first-order valence-electron chi connectivity index (χ1n) is 7.74. The number of nitrogens with one attached hydrogen (secondary N) is 2. The molecule has 25 heavy (non-hydrogen) atoms. The van der Waals surface area contributed by atoms with Crippen LogP contribution in [-0.4, -0.2) is 29.2 Å². The van der Waals surface area contributed by atoms with Crippen molar-refractivity contribution < 1.29 is 9.47 Å². The zero-order valence-electron chi connectivity index (χ0n) is 14.1. The average Bonchev–Trinajstić information content (AvgIpc) is 2.67. The van der Waals surface area contributed by atoms with Crippen LogP contribution in [0.3, 0.4) is 0 Å². The summed E-state index contributed by atoms with van der Waals surface area (Å²) in [6, 6.07) is 13.1. The Morgan fingerprint density at radius 2 is 1.80 bits per heavy atom. The van der Waals surface area contributed by atoms with Crippen LogP contribution in [0.15, 0.2) is 54.9 Å². The van der Waals surface area contributed by atoms with Gasteiger partial charge in [-0.25, -0.2) is 4.98 Å². The normalized spacial score (nSPS) is 10.2. The summed E-state index contributed by atoms with van der Waals surface area (Å²) >= 11 is 0. The van der Waals surface area contributed by atoms with Gasteiger partial charge in [0.15, 0.2) is 11.5 Å². The van der Waals surface area contributed by atoms with E-state index in [4.69, 9.17) is 9.47 Å². The maximum Gasteiger partial charge on any atom is 0.224 e. The van der Waals surface area contributed by atoms with Crippen LogP contribution in [0.4, 0.5) is 17.5 Å². The Kier molecular flexibility index (Phi) is 5.26. The average molecular weight is 337 g/mol. The van der Waals surface area contributed by atoms with E-state index < -0.39 is 0 Å². The molecule has 0 radical (unpaired) electrons. The van der Waals surface area contributed by atoms with E-state index in [0.717, 1.165) is 11.4 Å². The first kappa shape index (κ1) is 16.5. The lowest BCUT2D eigenvalue weighted by molar-refractivity contribution is 0.355. The van der Waals surface area contributed by atoms with E-state index in [1.165, 1.54) is 0 Å². The van der Waals surface area contributed by atoms with Crippen LogP contribution in [-0.2, 0) is 6.54 Å². The molecule has 0 aliphatic heterocycles. The van der Waals surface area contributed by atoms with Crippen LogP contribution in [0, 0.1) is 0 Å². The number of benzene rings is 1. The van der Waals surface area contributed by atoms with E-state index in [0.29, 0.717) is 29.8 Å². The molecule has 0 atom stereocenters. The van der Waals surface area contributed by atoms with Crippen LogP contribution in [0.2, 0.25) is 0 Å². The van der Waals surface area contributed by atoms with Gasteiger partial charge in [-0.15, -0.1) is 0 Å². The van der Waals surface area contributed by atoms with Crippen LogP contribution in [0.1, 0.15) is 5.69 Å². The Labute approximate surface area is 146 Å². The Morgan fingerprint density at radius 1 is 0.920 bits per heavy atom. The van der Waals surface area contributed by atoms with Gasteiger partial charge in [0.1, 0.15) is 5.82 Å². The highest BCUT2D eigenvalue weighted by Gasteiger charge is 2.06. The number of anilines is 3. The predicted octanol–water partition coefficient (Wildman–Crippen LogP) is 3.24. The van der Waals surface area contributed by atoms with Crippen LogP contribution in [0.25, 0.3) is 0 Å². The molecule has 3 rings (SSSR count). The van der Waals surface area contributed by atoms with Gasteiger partial charge in [-0.3, -0.25) is 4.98 Å². The molecule has 0 fully saturated rings. The van der Waals surface area contributed by atoms with Crippen molar-refractivity contribution in [2.45, 2.75) is 6.54 Å². The van der Waals surface area contributed by atoms with Crippen molar-refractivity contribution in [3.8, 4) is 11.5 Å². The Balaban J connectivity index is 1.69. The van der Waals surface area contributed by atoms with E-state index in [1.807, 2.05) is 36.4 Å². The van der Waals surface area contributed by atoms with Gasteiger partial charge in [-0.05, 0) is 30.3 Å². The molecule has 0 unspecified atom stereocenters. The third-order valence-electron chi connectivity index (χ3n) is 3.47. The summed E-state index contributed by atoms with van der Waals surface area (Å²) < 4.78 is 10.5. The molecule has 2 N–H and O–H groups in total. The third kappa shape index (κ3) is 4.35. The van der Waals surface area contributed by atoms with Gasteiger partial charge >= 0.3 is 0 Å². The van der Waals surface area contributed by atoms with Gasteiger partial charge in [0.25, 0.3) is 0 Å². The summed E-state index contributed by atoms with van der Waals surface area (Å²) in [5.74, 6) is 2.52. The van der Waals surface area contributed by atoms with Crippen molar-refractivity contribution >= 4 is 17.5 Å². The lowest BCUT2D eigenvalue weighted by Gasteiger charge is -2.11. The summed E-state index contributed by atoms with van der Waals surface area (Å²) in [5.41, 5.74) is 1.76. The van der Waals surface area contributed by atoms with Gasteiger partial charge in [0.05, 0.1) is 26.5 Å². The van der Waals surface area contributed by atoms with Crippen LogP contribution in [0.5, 0.6) is 11.5 Å². The Morgan fingerprint density at radius 3 is 2.56 bits per heavy atom. The van der Waals surface area contributed by atoms with Gasteiger partial charge in [-0.2, -0.15) is 4.98 Å². The number of rotatable bonds is 7. The number of hydrogen-bond donors (Lipinski definition) is 2. The monoisotopic (exact) mass is 337 g/mol. The highest BCUT2D eigenvalue weighted by atomic mass is 16.5. The molecule has 3 aromatic rings. The van der Waals surface area contributed by atoms with E-state index in [1.54, 1.807) is 32.7 Å². The first-order valence-corrected chi connectivity index (χ1v) is 7.74. The minimum Gasteiger partial charge on any atom is -0.493 e. The smallest absolute Gasteiger partial charge is 0.224 e. The molecule has 0 aliphatic rings. The molecule has 0 amide bonds. The minimum atomic E-state index is 0.524. The number of ether oxygens (including phenoxy) is 2. The maximum absolute atomic E-state index is 5.31. The van der Waals surface area contributed by atoms with Crippen molar-refractivity contribution in [1.82, 2.24) is 15.0 Å². The molecule has 2 aromatic heterocycles. The highest BCUT2D eigenvalue weighted by Crippen LogP contribution is 2.30. The van der Waals surface area contributed by atoms with Gasteiger partial charge in [-0.1, -0.05) is 6.07 Å². The fourth-order valence-electron chi connectivity index (χ4n) is 2.25. The Bertz CT molecular complexity index is 827. The van der Waals surface area contributed by atoms with Crippen molar-refractivity contribution in [3.63, 3.8) is 0 Å². The van der Waals surface area contributed by atoms with E-state index in [2.05, 4.69) is 25.6 Å². The standard InChI is InChI=1S/C18H19N5O2/c1-24-15-7-6-13(11-16(15)25-2)22-17-8-10-20-18(23-17)21-12-14-5-3-4-9-19-14/h3-11H,12H2,1-2H3,(H2,20,21,22,23). The van der Waals surface area contributed by atoms with Crippen molar-refractivity contribution in [2.24, 2.45) is 0 Å². The molecule has 7 nitrogen and oxygen atoms in total. The maximum atomic E-state index is 5.31. The zero-order valence-corrected chi connectivity index (χ0v) is 14.1. The van der Waals surface area contributed by atoms with Gasteiger partial charge in [0.2, 0.25) is 5.95 Å². The quantitative estimate of drug-likeness (QED) is 0.685. The lowest BCUT2D eigenvalue weighted by atomic mass is 10.2. The molecule has 2 heterocycles. The fourth-order valence-corrected chi connectivity index (χ4v) is 2.25. The van der Waals surface area contributed by atoms with Gasteiger partial charge in [0, 0.05) is 24.1 Å². The molecular formula is C18H19N5O2. The summed E-state index contributed by atoms with van der Waals surface area (Å²) in [6.45, 7) is 0.556. The molecule has 0 saturated heterocycles. The van der Waals surface area contributed by atoms with Crippen LogP contribution >= 0.6 is 0 Å². The second-order valence-electron chi connectivity index (χ2n) is 5.13. The second-order valence-corrected chi connectivity index (χ2v) is 5.13. The molecule has 7 heteroatoms. The van der Waals surface area contributed by atoms with Crippen molar-refractivity contribution in [3.05, 3.63) is 60.6 Å². The molecule has 0 aliphatic carbocycles. The summed E-state index contributed by atoms with van der Waals surface area (Å²) in [5, 5.41) is 6.38. The van der Waals surface area contributed by atoms with Crippen molar-refractivity contribution in [2.75, 3.05) is 24.9 Å². The minimum absolute atomic E-state index is 0.524. The topological polar surface area (TPSA) is 81.2 Å². The largest absolute Gasteiger partial charge is 0.493 e. The van der Waals surface area contributed by atoms with Crippen molar-refractivity contribution in [1.29, 1.82) is 0 Å². The summed E-state index contributed by atoms with van der Waals surface area (Å²) in [6.07, 6.45) is 3.45. The number of aromatic nitrogens is 3. The summed E-state index contributed by atoms with van der Waals surface area (Å²) in [4.78, 5) is 12.9. The molecular weight excluding hydrogens is 318 g/mol. The zero-order chi connectivity index (χ0) is 17.5. The lowest BCUT2D eigenvalue weighted by Crippen LogP contribution is -2.06. The molecule has 0 bridgehead atoms. The summed E-state index contributed by atoms with van der Waals surface area (Å²) in [7, 11) is 3.21. The number of pyridine rings is 1. The van der Waals surface area contributed by atoms with E-state index in [9.17, 15) is 0 Å². The Hall–Kier alpha value is -3.35. The molecule has 0 spiro atoms. The number of methoxy groups -OCH3 is 2. The highest BCUT2D eigenvalue weighted by molar-refractivity contribution is 5.61. The number of hydrogen-bond acceptors (Lipinski definition) is 7. The fraction of sp³-hybridized carbons (Fsp3) is 0.167. The second kappa shape index (κ2) is 7.96.